The number of rotatable bonds is 33. The lowest BCUT2D eigenvalue weighted by atomic mass is 9.95. The lowest BCUT2D eigenvalue weighted by molar-refractivity contribution is -0.911. The summed E-state index contributed by atoms with van der Waals surface area (Å²) in [5, 5.41) is 0. The number of hydrogen-bond donors (Lipinski definition) is 0. The predicted octanol–water partition coefficient (Wildman–Crippen LogP) is 13.9. The molecular weight excluding hydrogens is 546 g/mol. The van der Waals surface area contributed by atoms with Gasteiger partial charge in [0.2, 0.25) is 0 Å². The van der Waals surface area contributed by atoms with E-state index in [1.807, 2.05) is 0 Å². The molecule has 0 aliphatic carbocycles. The highest BCUT2D eigenvalue weighted by Gasteiger charge is 2.35. The van der Waals surface area contributed by atoms with E-state index in [1.165, 1.54) is 173 Å². The van der Waals surface area contributed by atoms with Gasteiger partial charge in [0.15, 0.2) is 11.8 Å². The van der Waals surface area contributed by atoms with Crippen LogP contribution in [0, 0.1) is 0 Å². The number of allylic oxidation sites excluding steroid dienone is 2. The van der Waals surface area contributed by atoms with Crippen molar-refractivity contribution in [1.82, 2.24) is 0 Å². The summed E-state index contributed by atoms with van der Waals surface area (Å²) in [6, 6.07) is 10.6. The summed E-state index contributed by atoms with van der Waals surface area (Å²) in [7, 11) is 4.58. The summed E-state index contributed by atoms with van der Waals surface area (Å²) in [5.41, 5.74) is 1.20. The molecule has 1 aromatic carbocycles. The first-order valence-electron chi connectivity index (χ1n) is 20.1. The lowest BCUT2D eigenvalue weighted by Crippen LogP contribution is -2.47. The van der Waals surface area contributed by atoms with E-state index >= 15 is 0 Å². The summed E-state index contributed by atoms with van der Waals surface area (Å²) in [6.45, 7) is 5.66. The molecule has 45 heavy (non-hydrogen) atoms. The predicted molar refractivity (Wildman–Crippen MR) is 201 cm³/mol. The molecule has 2 heteroatoms. The van der Waals surface area contributed by atoms with Gasteiger partial charge in [-0.2, -0.15) is 0 Å². The highest BCUT2D eigenvalue weighted by molar-refractivity contribution is 5.84. The largest absolute Gasteiger partial charge is 0.316 e. The van der Waals surface area contributed by atoms with Crippen LogP contribution in [-0.4, -0.2) is 30.9 Å². The third-order valence-electron chi connectivity index (χ3n) is 9.89. The Morgan fingerprint density at radius 2 is 0.911 bits per heavy atom. The molecule has 0 heterocycles. The highest BCUT2D eigenvalue weighted by Crippen LogP contribution is 2.29. The zero-order valence-corrected chi connectivity index (χ0v) is 31.0. The van der Waals surface area contributed by atoms with E-state index in [4.69, 9.17) is 0 Å². The van der Waals surface area contributed by atoms with Crippen molar-refractivity contribution in [3.8, 4) is 0 Å². The van der Waals surface area contributed by atoms with Gasteiger partial charge in [0.25, 0.3) is 0 Å². The van der Waals surface area contributed by atoms with Crippen LogP contribution in [0.15, 0.2) is 42.5 Å². The maximum atomic E-state index is 13.6. The van der Waals surface area contributed by atoms with Crippen molar-refractivity contribution in [1.29, 1.82) is 0 Å². The summed E-state index contributed by atoms with van der Waals surface area (Å²) in [6.07, 6.45) is 41.8. The van der Waals surface area contributed by atoms with Crippen molar-refractivity contribution in [2.45, 2.75) is 200 Å². The molecule has 0 aliphatic heterocycles. The standard InChI is InChI=1S/C43H78NO/c1-5-7-9-11-13-15-17-19-21-22-24-26-28-30-35-39-42(45)43(41-37-33-32-34-38-41)44(3,4)40-36-31-29-27-25-23-20-18-16-14-12-10-8-6-2/h19,21,32-34,37-38,43H,5-18,20,22-31,35-36,39-40H2,1-4H3/q+1/b21-19-. The minimum Gasteiger partial charge on any atom is -0.316 e. The molecule has 1 unspecified atom stereocenters. The Morgan fingerprint density at radius 3 is 1.36 bits per heavy atom. The van der Waals surface area contributed by atoms with Crippen LogP contribution in [0.1, 0.15) is 205 Å². The molecular formula is C43H78NO+. The SMILES string of the molecule is CCCCCCCC/C=C\CCCCCCCC(=O)C(c1ccccc1)[N+](C)(C)CCCCCCCCCCCCCCCC. The Bertz CT molecular complexity index is 797. The van der Waals surface area contributed by atoms with Crippen molar-refractivity contribution in [3.63, 3.8) is 0 Å². The van der Waals surface area contributed by atoms with Crippen LogP contribution in [-0.2, 0) is 4.79 Å². The van der Waals surface area contributed by atoms with Crippen LogP contribution < -0.4 is 0 Å². The van der Waals surface area contributed by atoms with E-state index in [9.17, 15) is 4.79 Å². The average molecular weight is 625 g/mol. The molecule has 0 N–H and O–H groups in total. The number of benzene rings is 1. The molecule has 0 bridgehead atoms. The number of nitrogens with zero attached hydrogens (tertiary/aromatic N) is 1. The van der Waals surface area contributed by atoms with Gasteiger partial charge in [-0.3, -0.25) is 4.79 Å². The fourth-order valence-corrected chi connectivity index (χ4v) is 6.96. The molecule has 0 spiro atoms. The van der Waals surface area contributed by atoms with Crippen LogP contribution in [0.2, 0.25) is 0 Å². The van der Waals surface area contributed by atoms with Crippen LogP contribution in [0.4, 0.5) is 0 Å². The van der Waals surface area contributed by atoms with Crippen molar-refractivity contribution in [2.75, 3.05) is 20.6 Å². The number of Topliss-reactive ketones (excluding diaryl/α,β-unsaturated/α-hetero) is 1. The molecule has 260 valence electrons. The van der Waals surface area contributed by atoms with Crippen molar-refractivity contribution in [3.05, 3.63) is 48.0 Å². The molecule has 0 aliphatic rings. The second-order valence-electron chi connectivity index (χ2n) is 14.7. The fourth-order valence-electron chi connectivity index (χ4n) is 6.96. The first-order chi connectivity index (χ1) is 22.0. The maximum absolute atomic E-state index is 13.6. The van der Waals surface area contributed by atoms with Gasteiger partial charge < -0.3 is 4.48 Å². The van der Waals surface area contributed by atoms with E-state index in [0.29, 0.717) is 5.78 Å². The average Bonchev–Trinajstić information content (AvgIpc) is 3.03. The molecule has 2 nitrogen and oxygen atoms in total. The molecule has 1 atom stereocenters. The first kappa shape index (κ1) is 41.6. The Hall–Kier alpha value is -1.41. The molecule has 1 rings (SSSR count). The fraction of sp³-hybridized carbons (Fsp3) is 0.791. The van der Waals surface area contributed by atoms with Crippen molar-refractivity contribution < 1.29 is 9.28 Å². The highest BCUT2D eigenvalue weighted by atomic mass is 16.1. The summed E-state index contributed by atoms with van der Waals surface area (Å²) >= 11 is 0. The Labute approximate surface area is 282 Å². The lowest BCUT2D eigenvalue weighted by Gasteiger charge is -2.37. The molecule has 1 aromatic rings. The molecule has 0 amide bonds. The number of carbonyl (C=O) groups is 1. The van der Waals surface area contributed by atoms with Gasteiger partial charge in [-0.05, 0) is 44.9 Å². The van der Waals surface area contributed by atoms with Gasteiger partial charge in [-0.25, -0.2) is 0 Å². The van der Waals surface area contributed by atoms with Gasteiger partial charge in [-0.1, -0.05) is 185 Å². The Kier molecular flexibility index (Phi) is 27.7. The smallest absolute Gasteiger partial charge is 0.194 e. The first-order valence-corrected chi connectivity index (χ1v) is 20.1. The number of carbonyl (C=O) groups excluding carboxylic acids is 1. The topological polar surface area (TPSA) is 17.1 Å². The van der Waals surface area contributed by atoms with Crippen LogP contribution in [0.3, 0.4) is 0 Å². The van der Waals surface area contributed by atoms with E-state index in [-0.39, 0.29) is 6.04 Å². The van der Waals surface area contributed by atoms with Gasteiger partial charge in [-0.15, -0.1) is 0 Å². The van der Waals surface area contributed by atoms with E-state index in [1.54, 1.807) is 0 Å². The molecule has 0 saturated heterocycles. The second kappa shape index (κ2) is 30.0. The number of quaternary nitrogens is 1. The number of ketones is 1. The van der Waals surface area contributed by atoms with E-state index in [0.717, 1.165) is 23.9 Å². The van der Waals surface area contributed by atoms with Crippen molar-refractivity contribution in [2.24, 2.45) is 0 Å². The zero-order valence-electron chi connectivity index (χ0n) is 31.0. The second-order valence-corrected chi connectivity index (χ2v) is 14.7. The zero-order chi connectivity index (χ0) is 32.7. The van der Waals surface area contributed by atoms with E-state index < -0.39 is 0 Å². The number of unbranched alkanes of at least 4 members (excludes halogenated alkanes) is 24. The van der Waals surface area contributed by atoms with Gasteiger partial charge >= 0.3 is 0 Å². The Balaban J connectivity index is 2.22. The van der Waals surface area contributed by atoms with Crippen LogP contribution >= 0.6 is 0 Å². The third-order valence-corrected chi connectivity index (χ3v) is 9.89. The quantitative estimate of drug-likeness (QED) is 0.0432. The van der Waals surface area contributed by atoms with Gasteiger partial charge in [0.05, 0.1) is 20.6 Å². The maximum Gasteiger partial charge on any atom is 0.194 e. The third kappa shape index (κ3) is 23.5. The van der Waals surface area contributed by atoms with E-state index in [2.05, 4.69) is 70.4 Å². The number of likely N-dealkylation sites (N-methyl/N-ethyl adjacent to an activating group) is 1. The summed E-state index contributed by atoms with van der Waals surface area (Å²) in [4.78, 5) is 13.6. The van der Waals surface area contributed by atoms with Crippen LogP contribution in [0.25, 0.3) is 0 Å². The molecule has 0 radical (unpaired) electrons. The Morgan fingerprint density at radius 1 is 0.533 bits per heavy atom. The minimum atomic E-state index is -0.0371. The van der Waals surface area contributed by atoms with Crippen molar-refractivity contribution >= 4 is 5.78 Å². The number of hydrogen-bond acceptors (Lipinski definition) is 1. The van der Waals surface area contributed by atoms with Gasteiger partial charge in [0, 0.05) is 12.0 Å². The normalized spacial score (nSPS) is 12.7. The molecule has 0 saturated carbocycles. The summed E-state index contributed by atoms with van der Waals surface area (Å²) in [5.74, 6) is 0.439. The summed E-state index contributed by atoms with van der Waals surface area (Å²) < 4.78 is 0.784. The minimum absolute atomic E-state index is 0.0371. The molecule has 0 fully saturated rings. The monoisotopic (exact) mass is 625 g/mol. The molecule has 0 aromatic heterocycles. The van der Waals surface area contributed by atoms with Gasteiger partial charge in [0.1, 0.15) is 0 Å². The van der Waals surface area contributed by atoms with Crippen LogP contribution in [0.5, 0.6) is 0 Å².